The predicted octanol–water partition coefficient (Wildman–Crippen LogP) is 3.44. The SMILES string of the molecule is CC(c1cccc(Cl)c1)N(C)CC1(CC(=N)N)CC1. The van der Waals surface area contributed by atoms with E-state index in [1.807, 2.05) is 18.2 Å². The van der Waals surface area contributed by atoms with Gasteiger partial charge in [-0.05, 0) is 49.9 Å². The third-order valence-corrected chi connectivity index (χ3v) is 4.33. The highest BCUT2D eigenvalue weighted by atomic mass is 35.5. The van der Waals surface area contributed by atoms with Crippen LogP contribution in [0.1, 0.15) is 37.8 Å². The molecule has 4 heteroatoms. The third-order valence-electron chi connectivity index (χ3n) is 4.10. The summed E-state index contributed by atoms with van der Waals surface area (Å²) in [4.78, 5) is 2.33. The van der Waals surface area contributed by atoms with Gasteiger partial charge in [-0.1, -0.05) is 23.7 Å². The van der Waals surface area contributed by atoms with E-state index in [-0.39, 0.29) is 5.41 Å². The second-order valence-electron chi connectivity index (χ2n) is 5.85. The maximum Gasteiger partial charge on any atom is 0.0911 e. The van der Waals surface area contributed by atoms with E-state index >= 15 is 0 Å². The highest BCUT2D eigenvalue weighted by Gasteiger charge is 2.44. The van der Waals surface area contributed by atoms with Crippen LogP contribution in [0.4, 0.5) is 0 Å². The average Bonchev–Trinajstić information content (AvgIpc) is 3.06. The molecule has 0 aromatic heterocycles. The lowest BCUT2D eigenvalue weighted by Crippen LogP contribution is -2.31. The number of amidine groups is 1. The highest BCUT2D eigenvalue weighted by Crippen LogP contribution is 2.49. The highest BCUT2D eigenvalue weighted by molar-refractivity contribution is 6.30. The number of nitrogens with zero attached hydrogens (tertiary/aromatic N) is 1. The lowest BCUT2D eigenvalue weighted by Gasteiger charge is -2.29. The van der Waals surface area contributed by atoms with E-state index in [1.54, 1.807) is 0 Å². The van der Waals surface area contributed by atoms with Crippen LogP contribution in [-0.4, -0.2) is 24.3 Å². The fraction of sp³-hybridized carbons (Fsp3) is 0.533. The van der Waals surface area contributed by atoms with Crippen LogP contribution in [0.5, 0.6) is 0 Å². The van der Waals surface area contributed by atoms with Crippen molar-refractivity contribution in [3.05, 3.63) is 34.9 Å². The fourth-order valence-corrected chi connectivity index (χ4v) is 2.86. The van der Waals surface area contributed by atoms with Gasteiger partial charge in [0.1, 0.15) is 0 Å². The van der Waals surface area contributed by atoms with Crippen molar-refractivity contribution in [2.24, 2.45) is 11.1 Å². The monoisotopic (exact) mass is 279 g/mol. The molecular weight excluding hydrogens is 258 g/mol. The fourth-order valence-electron chi connectivity index (χ4n) is 2.66. The van der Waals surface area contributed by atoms with Crippen LogP contribution < -0.4 is 5.73 Å². The molecule has 1 aliphatic carbocycles. The minimum atomic E-state index is 0.243. The molecule has 1 saturated carbocycles. The van der Waals surface area contributed by atoms with E-state index in [9.17, 15) is 0 Å². The average molecular weight is 280 g/mol. The van der Waals surface area contributed by atoms with Crippen molar-refractivity contribution < 1.29 is 0 Å². The summed E-state index contributed by atoms with van der Waals surface area (Å²) < 4.78 is 0. The number of rotatable bonds is 6. The van der Waals surface area contributed by atoms with Crippen molar-refractivity contribution in [1.82, 2.24) is 4.90 Å². The Balaban J connectivity index is 2.00. The Morgan fingerprint density at radius 1 is 1.53 bits per heavy atom. The first kappa shape index (κ1) is 14.4. The Morgan fingerprint density at radius 3 is 2.74 bits per heavy atom. The summed E-state index contributed by atoms with van der Waals surface area (Å²) in [6.07, 6.45) is 3.08. The molecule has 1 unspecified atom stereocenters. The molecule has 1 aromatic rings. The lowest BCUT2D eigenvalue weighted by atomic mass is 9.99. The summed E-state index contributed by atoms with van der Waals surface area (Å²) in [5, 5.41) is 8.26. The summed E-state index contributed by atoms with van der Waals surface area (Å²) in [6.45, 7) is 3.18. The van der Waals surface area contributed by atoms with Crippen LogP contribution in [0.2, 0.25) is 5.02 Å². The van der Waals surface area contributed by atoms with Gasteiger partial charge in [0.05, 0.1) is 5.84 Å². The van der Waals surface area contributed by atoms with E-state index in [4.69, 9.17) is 22.7 Å². The number of halogens is 1. The molecule has 0 spiro atoms. The Labute approximate surface area is 120 Å². The van der Waals surface area contributed by atoms with Gasteiger partial charge >= 0.3 is 0 Å². The van der Waals surface area contributed by atoms with Crippen molar-refractivity contribution in [2.75, 3.05) is 13.6 Å². The van der Waals surface area contributed by atoms with Crippen LogP contribution in [0, 0.1) is 10.8 Å². The molecule has 3 nitrogen and oxygen atoms in total. The van der Waals surface area contributed by atoms with Gasteiger partial charge in [0.25, 0.3) is 0 Å². The largest absolute Gasteiger partial charge is 0.388 e. The molecule has 1 aromatic carbocycles. The van der Waals surface area contributed by atoms with E-state index in [0.29, 0.717) is 11.9 Å². The van der Waals surface area contributed by atoms with Gasteiger partial charge in [0, 0.05) is 24.0 Å². The van der Waals surface area contributed by atoms with E-state index < -0.39 is 0 Å². The molecule has 0 radical (unpaired) electrons. The number of benzene rings is 1. The van der Waals surface area contributed by atoms with Crippen LogP contribution in [0.15, 0.2) is 24.3 Å². The van der Waals surface area contributed by atoms with Crippen LogP contribution in [0.3, 0.4) is 0 Å². The van der Waals surface area contributed by atoms with Gasteiger partial charge in [0.2, 0.25) is 0 Å². The van der Waals surface area contributed by atoms with E-state index in [2.05, 4.69) is 24.9 Å². The van der Waals surface area contributed by atoms with Crippen LogP contribution in [0.25, 0.3) is 0 Å². The van der Waals surface area contributed by atoms with Gasteiger partial charge in [-0.25, -0.2) is 0 Å². The molecule has 0 saturated heterocycles. The molecule has 0 heterocycles. The van der Waals surface area contributed by atoms with E-state index in [1.165, 1.54) is 18.4 Å². The molecule has 2 rings (SSSR count). The second-order valence-corrected chi connectivity index (χ2v) is 6.28. The lowest BCUT2D eigenvalue weighted by molar-refractivity contribution is 0.211. The molecule has 0 bridgehead atoms. The number of hydrogen-bond acceptors (Lipinski definition) is 2. The summed E-state index contributed by atoms with van der Waals surface area (Å²) in [7, 11) is 2.13. The molecule has 1 atom stereocenters. The van der Waals surface area contributed by atoms with Crippen molar-refractivity contribution in [3.63, 3.8) is 0 Å². The topological polar surface area (TPSA) is 53.1 Å². The maximum absolute atomic E-state index is 7.48. The molecule has 3 N–H and O–H groups in total. The number of nitrogens with one attached hydrogen (secondary N) is 1. The molecule has 1 aliphatic rings. The molecule has 0 aliphatic heterocycles. The van der Waals surface area contributed by atoms with Gasteiger partial charge in [-0.3, -0.25) is 10.3 Å². The molecule has 1 fully saturated rings. The van der Waals surface area contributed by atoms with Crippen LogP contribution in [-0.2, 0) is 0 Å². The first-order valence-electron chi connectivity index (χ1n) is 6.70. The van der Waals surface area contributed by atoms with Crippen molar-refractivity contribution in [3.8, 4) is 0 Å². The predicted molar refractivity (Wildman–Crippen MR) is 80.7 cm³/mol. The summed E-state index contributed by atoms with van der Waals surface area (Å²) in [5.74, 6) is 0.307. The van der Waals surface area contributed by atoms with Gasteiger partial charge in [-0.2, -0.15) is 0 Å². The van der Waals surface area contributed by atoms with Gasteiger partial charge in [-0.15, -0.1) is 0 Å². The van der Waals surface area contributed by atoms with E-state index in [0.717, 1.165) is 18.0 Å². The Morgan fingerprint density at radius 2 is 2.21 bits per heavy atom. The molecular formula is C15H22ClN3. The molecule has 0 amide bonds. The zero-order valence-electron chi connectivity index (χ0n) is 11.6. The van der Waals surface area contributed by atoms with Crippen molar-refractivity contribution in [2.45, 2.75) is 32.2 Å². The summed E-state index contributed by atoms with van der Waals surface area (Å²) in [6, 6.07) is 8.34. The minimum absolute atomic E-state index is 0.243. The Kier molecular flexibility index (Phi) is 4.16. The zero-order valence-corrected chi connectivity index (χ0v) is 12.4. The Hall–Kier alpha value is -1.06. The van der Waals surface area contributed by atoms with Gasteiger partial charge < -0.3 is 5.73 Å². The summed E-state index contributed by atoms with van der Waals surface area (Å²) in [5.41, 5.74) is 7.02. The second kappa shape index (κ2) is 5.51. The minimum Gasteiger partial charge on any atom is -0.388 e. The Bertz CT molecular complexity index is 468. The molecule has 19 heavy (non-hydrogen) atoms. The first-order valence-corrected chi connectivity index (χ1v) is 7.08. The van der Waals surface area contributed by atoms with Crippen LogP contribution >= 0.6 is 11.6 Å². The van der Waals surface area contributed by atoms with Gasteiger partial charge in [0.15, 0.2) is 0 Å². The standard InChI is InChI=1S/C15H22ClN3/c1-11(12-4-3-5-13(16)8-12)19(2)10-15(6-7-15)9-14(17)18/h3-5,8,11H,6-7,9-10H2,1-2H3,(H3,17,18). The molecule has 104 valence electrons. The van der Waals surface area contributed by atoms with Crippen molar-refractivity contribution >= 4 is 17.4 Å². The smallest absolute Gasteiger partial charge is 0.0911 e. The number of hydrogen-bond donors (Lipinski definition) is 2. The zero-order chi connectivity index (χ0) is 14.0. The quantitative estimate of drug-likeness (QED) is 0.619. The van der Waals surface area contributed by atoms with Crippen molar-refractivity contribution in [1.29, 1.82) is 5.41 Å². The first-order chi connectivity index (χ1) is 8.92. The number of nitrogens with two attached hydrogens (primary N) is 1. The third kappa shape index (κ3) is 3.71. The maximum atomic E-state index is 7.48. The summed E-state index contributed by atoms with van der Waals surface area (Å²) >= 11 is 6.04. The normalized spacial score (nSPS) is 18.3.